The van der Waals surface area contributed by atoms with Crippen LogP contribution in [0.15, 0.2) is 328 Å². The van der Waals surface area contributed by atoms with E-state index in [4.69, 9.17) is 6.57 Å². The first-order valence-electron chi connectivity index (χ1n) is 34.0. The highest BCUT2D eigenvalue weighted by atomic mass is 15.2. The van der Waals surface area contributed by atoms with Crippen LogP contribution in [0.3, 0.4) is 0 Å². The normalized spacial score (nSPS) is 12.5. The van der Waals surface area contributed by atoms with Gasteiger partial charge in [0.15, 0.2) is 5.69 Å². The van der Waals surface area contributed by atoms with E-state index in [-0.39, 0.29) is 6.71 Å². The molecule has 8 heteroatoms. The average molecular weight is 1270 g/mol. The van der Waals surface area contributed by atoms with Crippen molar-refractivity contribution in [2.45, 2.75) is 0 Å². The summed E-state index contributed by atoms with van der Waals surface area (Å²) in [7, 11) is 0. The van der Waals surface area contributed by atoms with Gasteiger partial charge in [-0.1, -0.05) is 249 Å². The second-order valence-corrected chi connectivity index (χ2v) is 26.4. The van der Waals surface area contributed by atoms with E-state index in [2.05, 4.69) is 344 Å². The van der Waals surface area contributed by atoms with Gasteiger partial charge in [0.2, 0.25) is 0 Å². The zero-order valence-electron chi connectivity index (χ0n) is 53.9. The lowest BCUT2D eigenvalue weighted by atomic mass is 9.33. The van der Waals surface area contributed by atoms with E-state index in [1.54, 1.807) is 0 Å². The third-order valence-electron chi connectivity index (χ3n) is 21.3. The van der Waals surface area contributed by atoms with Crippen LogP contribution >= 0.6 is 0 Å². The number of aromatic nitrogens is 3. The highest BCUT2D eigenvalue weighted by molar-refractivity contribution is 7.01. The molecule has 4 aromatic heterocycles. The molecule has 460 valence electrons. The van der Waals surface area contributed by atoms with Crippen LogP contribution in [0.5, 0.6) is 0 Å². The number of para-hydroxylation sites is 6. The Labute approximate surface area is 576 Å². The summed E-state index contributed by atoms with van der Waals surface area (Å²) in [6, 6.07) is 122. The summed E-state index contributed by atoms with van der Waals surface area (Å²) in [6.07, 6.45) is 0. The number of fused-ring (bicyclic) bond motifs is 18. The fourth-order valence-corrected chi connectivity index (χ4v) is 17.3. The first kappa shape index (κ1) is 55.6. The Morgan fingerprint density at radius 2 is 0.700 bits per heavy atom. The van der Waals surface area contributed by atoms with Gasteiger partial charge in [-0.3, -0.25) is 0 Å². The molecule has 100 heavy (non-hydrogen) atoms. The third-order valence-corrected chi connectivity index (χ3v) is 21.3. The minimum Gasteiger partial charge on any atom is -0.309 e. The Kier molecular flexibility index (Phi) is 11.9. The Morgan fingerprint density at radius 3 is 1.13 bits per heavy atom. The van der Waals surface area contributed by atoms with E-state index in [9.17, 15) is 5.26 Å². The SMILES string of the molecule is [C-]#[N+]c1ccc2c(c1)c1ccccc1n2-c1ccc2c(c1)N(c1c(-c3ccccc3)cccc1-c1ccccc1)c1c3c(c4c5ccccc5n5c6ccccc6c1c45)N(c1c(-c4ccccc4)cccc1-c1ccccc1)c1cc(-n4c5ccccc5c5cc(C#N)ccc54)ccc1B23. The van der Waals surface area contributed by atoms with E-state index in [0.717, 1.165) is 161 Å². The lowest BCUT2D eigenvalue weighted by molar-refractivity contribution is 1.17. The quantitative estimate of drug-likeness (QED) is 0.113. The van der Waals surface area contributed by atoms with Gasteiger partial charge < -0.3 is 23.3 Å². The molecular weight excluding hydrogens is 1210 g/mol. The molecule has 0 radical (unpaired) electrons. The molecule has 0 bridgehead atoms. The molecule has 7 nitrogen and oxygen atoms in total. The number of benzene rings is 15. The Morgan fingerprint density at radius 1 is 0.320 bits per heavy atom. The second kappa shape index (κ2) is 21.4. The zero-order chi connectivity index (χ0) is 65.8. The molecule has 6 heterocycles. The van der Waals surface area contributed by atoms with Crippen LogP contribution in [0.25, 0.3) is 142 Å². The molecule has 15 aromatic carbocycles. The minimum atomic E-state index is -0.357. The molecule has 0 atom stereocenters. The maximum absolute atomic E-state index is 10.4. The molecular formula is C92H54BN7. The van der Waals surface area contributed by atoms with Crippen molar-refractivity contribution in [3.63, 3.8) is 0 Å². The van der Waals surface area contributed by atoms with Crippen molar-refractivity contribution in [1.82, 2.24) is 13.5 Å². The van der Waals surface area contributed by atoms with Gasteiger partial charge in [0.25, 0.3) is 6.71 Å². The standard InChI is InChI=1S/C92H54BN7/c1-95-62-45-51-82-74(53-62)70-33-15-19-41-78(70)97(82)64-47-49-76-84(55-64)100(89-67(60-28-10-4-11-29-60)38-23-39-68(89)61-30-12-5-13-31-61)92-86-72-35-17-21-43-80(72)98-79-42-20-16-34-71(79)85(90(86)98)91-87(92)93(76)75-48-46-63(96-77-40-18-14-32-69(77)73-52-57(56-94)44-50-81(73)96)54-83(75)99(91)88-65(58-24-6-2-7-25-58)36-22-37-66(88)59-26-8-3-9-27-59/h2-55H. The molecule has 0 unspecified atom stereocenters. The molecule has 0 fully saturated rings. The van der Waals surface area contributed by atoms with Crippen molar-refractivity contribution in [3.8, 4) is 62.0 Å². The number of hydrogen-bond acceptors (Lipinski definition) is 3. The van der Waals surface area contributed by atoms with Crippen molar-refractivity contribution in [2.75, 3.05) is 9.80 Å². The first-order chi connectivity index (χ1) is 49.6. The Hall–Kier alpha value is -13.7. The highest BCUT2D eigenvalue weighted by Crippen LogP contribution is 2.59. The molecule has 2 aliphatic rings. The minimum absolute atomic E-state index is 0.357. The van der Waals surface area contributed by atoms with E-state index in [1.807, 2.05) is 18.2 Å². The topological polar surface area (TPSA) is 48.9 Å². The fraction of sp³-hybridized carbons (Fsp3) is 0. The maximum atomic E-state index is 10.4. The van der Waals surface area contributed by atoms with Gasteiger partial charge in [0.1, 0.15) is 0 Å². The van der Waals surface area contributed by atoms with Crippen LogP contribution in [0, 0.1) is 17.9 Å². The molecule has 0 N–H and O–H groups in total. The van der Waals surface area contributed by atoms with E-state index in [1.165, 1.54) is 27.0 Å². The molecule has 0 amide bonds. The van der Waals surface area contributed by atoms with Gasteiger partial charge in [-0.05, 0) is 123 Å². The molecule has 19 aromatic rings. The molecule has 0 spiro atoms. The van der Waals surface area contributed by atoms with Gasteiger partial charge in [-0.15, -0.1) is 0 Å². The summed E-state index contributed by atoms with van der Waals surface area (Å²) in [4.78, 5) is 9.36. The highest BCUT2D eigenvalue weighted by Gasteiger charge is 2.48. The molecule has 0 aliphatic carbocycles. The third kappa shape index (κ3) is 7.78. The molecule has 0 saturated carbocycles. The molecule has 21 rings (SSSR count). The zero-order valence-corrected chi connectivity index (χ0v) is 53.9. The first-order valence-corrected chi connectivity index (χ1v) is 34.0. The van der Waals surface area contributed by atoms with Crippen LogP contribution < -0.4 is 26.2 Å². The second-order valence-electron chi connectivity index (χ2n) is 26.4. The predicted octanol–water partition coefficient (Wildman–Crippen LogP) is 22.2. The lowest BCUT2D eigenvalue weighted by Crippen LogP contribution is -2.61. The van der Waals surface area contributed by atoms with Crippen molar-refractivity contribution in [1.29, 1.82) is 5.26 Å². The summed E-state index contributed by atoms with van der Waals surface area (Å²) >= 11 is 0. The van der Waals surface area contributed by atoms with Crippen LogP contribution in [0.1, 0.15) is 5.56 Å². The molecule has 0 saturated heterocycles. The van der Waals surface area contributed by atoms with Crippen LogP contribution in [-0.4, -0.2) is 20.2 Å². The van der Waals surface area contributed by atoms with E-state index >= 15 is 0 Å². The molecule has 2 aliphatic heterocycles. The fourth-order valence-electron chi connectivity index (χ4n) is 17.3. The van der Waals surface area contributed by atoms with Crippen molar-refractivity contribution >= 4 is 145 Å². The summed E-state index contributed by atoms with van der Waals surface area (Å²) in [5.74, 6) is 0. The van der Waals surface area contributed by atoms with E-state index < -0.39 is 0 Å². The van der Waals surface area contributed by atoms with Gasteiger partial charge >= 0.3 is 0 Å². The monoisotopic (exact) mass is 1270 g/mol. The van der Waals surface area contributed by atoms with Crippen LogP contribution in [0.4, 0.5) is 39.8 Å². The van der Waals surface area contributed by atoms with Crippen molar-refractivity contribution < 1.29 is 0 Å². The van der Waals surface area contributed by atoms with Crippen LogP contribution in [-0.2, 0) is 0 Å². The Bertz CT molecular complexity index is 6240. The summed E-state index contributed by atoms with van der Waals surface area (Å²) in [5.41, 5.74) is 29.6. The van der Waals surface area contributed by atoms with Gasteiger partial charge in [-0.2, -0.15) is 5.26 Å². The number of rotatable bonds is 8. The Balaban J connectivity index is 0.998. The summed E-state index contributed by atoms with van der Waals surface area (Å²) < 4.78 is 7.39. The average Bonchev–Trinajstić information content (AvgIpc) is 1.35. The van der Waals surface area contributed by atoms with Gasteiger partial charge in [-0.25, -0.2) is 4.85 Å². The van der Waals surface area contributed by atoms with E-state index in [0.29, 0.717) is 11.3 Å². The summed E-state index contributed by atoms with van der Waals surface area (Å²) in [6.45, 7) is 7.83. The largest absolute Gasteiger partial charge is 0.309 e. The van der Waals surface area contributed by atoms with Crippen molar-refractivity contribution in [3.05, 3.63) is 345 Å². The number of nitrogens with zero attached hydrogens (tertiary/aromatic N) is 7. The van der Waals surface area contributed by atoms with Crippen LogP contribution in [0.2, 0.25) is 0 Å². The number of anilines is 6. The number of hydrogen-bond donors (Lipinski definition) is 0. The summed E-state index contributed by atoms with van der Waals surface area (Å²) in [5, 5.41) is 19.3. The lowest BCUT2D eigenvalue weighted by Gasteiger charge is -2.46. The van der Waals surface area contributed by atoms with Gasteiger partial charge in [0.05, 0.1) is 79.6 Å². The predicted molar refractivity (Wildman–Crippen MR) is 417 cm³/mol. The maximum Gasteiger partial charge on any atom is 0.252 e. The number of nitriles is 1. The van der Waals surface area contributed by atoms with Crippen molar-refractivity contribution in [2.24, 2.45) is 0 Å². The smallest absolute Gasteiger partial charge is 0.252 e. The van der Waals surface area contributed by atoms with Gasteiger partial charge in [0, 0.05) is 82.7 Å².